The zero-order valence-electron chi connectivity index (χ0n) is 11.3. The van der Waals surface area contributed by atoms with Crippen molar-refractivity contribution in [1.82, 2.24) is 5.32 Å². The van der Waals surface area contributed by atoms with Crippen LogP contribution in [-0.4, -0.2) is 19.0 Å². The second-order valence-corrected chi connectivity index (χ2v) is 4.04. The highest BCUT2D eigenvalue weighted by atomic mass is 16.5. The van der Waals surface area contributed by atoms with E-state index in [9.17, 15) is 9.59 Å². The van der Waals surface area contributed by atoms with Gasteiger partial charge in [0.15, 0.2) is 0 Å². The molecular formula is C14H18N2O3. The Balaban J connectivity index is 3.13. The Morgan fingerprint density at radius 3 is 2.63 bits per heavy atom. The molecule has 0 aromatic heterocycles. The van der Waals surface area contributed by atoms with Crippen LogP contribution in [0.3, 0.4) is 0 Å². The number of nitrogens with two attached hydrogens (primary N) is 1. The maximum absolute atomic E-state index is 11.5. The highest BCUT2D eigenvalue weighted by Gasteiger charge is 2.11. The number of carbonyl (C=O) groups is 2. The fraction of sp³-hybridized carbons (Fsp3) is 0.286. The van der Waals surface area contributed by atoms with E-state index in [-0.39, 0.29) is 11.6 Å². The van der Waals surface area contributed by atoms with E-state index in [1.807, 2.05) is 13.0 Å². The summed E-state index contributed by atoms with van der Waals surface area (Å²) in [5.74, 6) is -0.923. The van der Waals surface area contributed by atoms with E-state index in [1.165, 1.54) is 14.0 Å². The van der Waals surface area contributed by atoms with E-state index in [1.54, 1.807) is 18.2 Å². The SMILES string of the molecule is CCc1cc(/C=C(/NC(C)=O)C(=O)OC)ccc1N. The lowest BCUT2D eigenvalue weighted by molar-refractivity contribution is -0.137. The number of nitrogen functional groups attached to an aromatic ring is 1. The van der Waals surface area contributed by atoms with Crippen molar-refractivity contribution in [2.75, 3.05) is 12.8 Å². The summed E-state index contributed by atoms with van der Waals surface area (Å²) in [7, 11) is 1.26. The van der Waals surface area contributed by atoms with Crippen molar-refractivity contribution < 1.29 is 14.3 Å². The van der Waals surface area contributed by atoms with E-state index in [0.29, 0.717) is 5.69 Å². The average molecular weight is 262 g/mol. The minimum Gasteiger partial charge on any atom is -0.464 e. The van der Waals surface area contributed by atoms with Gasteiger partial charge < -0.3 is 15.8 Å². The molecule has 19 heavy (non-hydrogen) atoms. The van der Waals surface area contributed by atoms with Crippen LogP contribution in [0.2, 0.25) is 0 Å². The summed E-state index contributed by atoms with van der Waals surface area (Å²) in [5.41, 5.74) is 8.39. The van der Waals surface area contributed by atoms with Crippen molar-refractivity contribution in [3.05, 3.63) is 35.0 Å². The Morgan fingerprint density at radius 2 is 2.11 bits per heavy atom. The fourth-order valence-electron chi connectivity index (χ4n) is 1.63. The third kappa shape index (κ3) is 4.13. The molecule has 0 spiro atoms. The molecule has 0 saturated carbocycles. The number of rotatable bonds is 4. The molecule has 0 aliphatic rings. The van der Waals surface area contributed by atoms with Gasteiger partial charge in [0, 0.05) is 12.6 Å². The molecule has 1 aromatic carbocycles. The molecule has 0 bridgehead atoms. The number of nitrogens with one attached hydrogen (secondary N) is 1. The summed E-state index contributed by atoms with van der Waals surface area (Å²) in [6, 6.07) is 5.42. The summed E-state index contributed by atoms with van der Waals surface area (Å²) in [5, 5.41) is 2.45. The van der Waals surface area contributed by atoms with Gasteiger partial charge in [0.05, 0.1) is 7.11 Å². The molecule has 0 saturated heterocycles. The molecule has 5 heteroatoms. The second-order valence-electron chi connectivity index (χ2n) is 4.04. The number of aryl methyl sites for hydroxylation is 1. The van der Waals surface area contributed by atoms with Crippen molar-refractivity contribution in [3.8, 4) is 0 Å². The molecule has 0 fully saturated rings. The first-order valence-corrected chi connectivity index (χ1v) is 5.94. The number of ether oxygens (including phenoxy) is 1. The van der Waals surface area contributed by atoms with Gasteiger partial charge in [0.1, 0.15) is 5.70 Å². The fourth-order valence-corrected chi connectivity index (χ4v) is 1.63. The van der Waals surface area contributed by atoms with Gasteiger partial charge in [-0.25, -0.2) is 4.79 Å². The van der Waals surface area contributed by atoms with Crippen LogP contribution in [0, 0.1) is 0 Å². The first-order valence-electron chi connectivity index (χ1n) is 5.94. The predicted molar refractivity (Wildman–Crippen MR) is 74.0 cm³/mol. The molecule has 0 atom stereocenters. The van der Waals surface area contributed by atoms with Gasteiger partial charge in [0.25, 0.3) is 0 Å². The quantitative estimate of drug-likeness (QED) is 0.489. The van der Waals surface area contributed by atoms with Gasteiger partial charge in [-0.1, -0.05) is 13.0 Å². The Labute approximate surface area is 112 Å². The van der Waals surface area contributed by atoms with Gasteiger partial charge in [-0.05, 0) is 35.8 Å². The molecule has 1 amide bonds. The maximum atomic E-state index is 11.5. The zero-order chi connectivity index (χ0) is 14.4. The van der Waals surface area contributed by atoms with Crippen LogP contribution >= 0.6 is 0 Å². The minimum atomic E-state index is -0.593. The Bertz CT molecular complexity index is 521. The number of carbonyl (C=O) groups excluding carboxylic acids is 2. The molecule has 0 aliphatic carbocycles. The van der Waals surface area contributed by atoms with Crippen LogP contribution in [0.1, 0.15) is 25.0 Å². The van der Waals surface area contributed by atoms with Gasteiger partial charge in [-0.2, -0.15) is 0 Å². The Morgan fingerprint density at radius 1 is 1.42 bits per heavy atom. The van der Waals surface area contributed by atoms with Gasteiger partial charge in [-0.3, -0.25) is 4.79 Å². The van der Waals surface area contributed by atoms with Crippen molar-refractivity contribution in [2.24, 2.45) is 0 Å². The summed E-state index contributed by atoms with van der Waals surface area (Å²) >= 11 is 0. The molecule has 1 aromatic rings. The first kappa shape index (κ1) is 14.8. The Hall–Kier alpha value is -2.30. The van der Waals surface area contributed by atoms with Crippen molar-refractivity contribution in [1.29, 1.82) is 0 Å². The van der Waals surface area contributed by atoms with Crippen molar-refractivity contribution in [3.63, 3.8) is 0 Å². The van der Waals surface area contributed by atoms with Crippen LogP contribution in [0.5, 0.6) is 0 Å². The van der Waals surface area contributed by atoms with E-state index >= 15 is 0 Å². The van der Waals surface area contributed by atoms with Crippen molar-refractivity contribution in [2.45, 2.75) is 20.3 Å². The van der Waals surface area contributed by atoms with Crippen molar-refractivity contribution >= 4 is 23.6 Å². The van der Waals surface area contributed by atoms with Crippen LogP contribution in [-0.2, 0) is 20.7 Å². The largest absolute Gasteiger partial charge is 0.464 e. The van der Waals surface area contributed by atoms with Gasteiger partial charge in [0.2, 0.25) is 5.91 Å². The minimum absolute atomic E-state index is 0.0989. The van der Waals surface area contributed by atoms with Crippen LogP contribution < -0.4 is 11.1 Å². The molecule has 0 heterocycles. The molecule has 0 radical (unpaired) electrons. The molecule has 102 valence electrons. The maximum Gasteiger partial charge on any atom is 0.354 e. The Kier molecular flexibility index (Phi) is 5.11. The standard InChI is InChI=1S/C14H18N2O3/c1-4-11-7-10(5-6-12(11)15)8-13(14(18)19-3)16-9(2)17/h5-8H,4,15H2,1-3H3,(H,16,17)/b13-8+. The monoisotopic (exact) mass is 262 g/mol. The number of hydrogen-bond donors (Lipinski definition) is 2. The summed E-state index contributed by atoms with van der Waals surface area (Å²) in [6.45, 7) is 3.32. The topological polar surface area (TPSA) is 81.4 Å². The van der Waals surface area contributed by atoms with Gasteiger partial charge in [-0.15, -0.1) is 0 Å². The summed E-state index contributed by atoms with van der Waals surface area (Å²) in [6.07, 6.45) is 2.35. The summed E-state index contributed by atoms with van der Waals surface area (Å²) < 4.78 is 4.62. The molecule has 3 N–H and O–H groups in total. The normalized spacial score (nSPS) is 11.0. The first-order chi connectivity index (χ1) is 8.97. The van der Waals surface area contributed by atoms with E-state index in [4.69, 9.17) is 5.73 Å². The highest BCUT2D eigenvalue weighted by Crippen LogP contribution is 2.16. The number of esters is 1. The molecule has 5 nitrogen and oxygen atoms in total. The number of hydrogen-bond acceptors (Lipinski definition) is 4. The van der Waals surface area contributed by atoms with Crippen LogP contribution in [0.15, 0.2) is 23.9 Å². The third-order valence-corrected chi connectivity index (χ3v) is 2.57. The lowest BCUT2D eigenvalue weighted by Crippen LogP contribution is -2.25. The number of anilines is 1. The average Bonchev–Trinajstić information content (AvgIpc) is 2.38. The number of amides is 1. The second kappa shape index (κ2) is 6.58. The lowest BCUT2D eigenvalue weighted by Gasteiger charge is -2.08. The van der Waals surface area contributed by atoms with Crippen LogP contribution in [0.25, 0.3) is 6.08 Å². The lowest BCUT2D eigenvalue weighted by atomic mass is 10.1. The molecular weight excluding hydrogens is 244 g/mol. The smallest absolute Gasteiger partial charge is 0.354 e. The summed E-state index contributed by atoms with van der Waals surface area (Å²) in [4.78, 5) is 22.6. The number of benzene rings is 1. The van der Waals surface area contributed by atoms with E-state index in [0.717, 1.165) is 17.5 Å². The third-order valence-electron chi connectivity index (χ3n) is 2.57. The van der Waals surface area contributed by atoms with Crippen LogP contribution in [0.4, 0.5) is 5.69 Å². The zero-order valence-corrected chi connectivity index (χ0v) is 11.3. The molecule has 1 rings (SSSR count). The van der Waals surface area contributed by atoms with Gasteiger partial charge >= 0.3 is 5.97 Å². The molecule has 0 unspecified atom stereocenters. The van der Waals surface area contributed by atoms with E-state index in [2.05, 4.69) is 10.1 Å². The molecule has 0 aliphatic heterocycles. The van der Waals surface area contributed by atoms with E-state index < -0.39 is 5.97 Å². The number of methoxy groups -OCH3 is 1. The predicted octanol–water partition coefficient (Wildman–Crippen LogP) is 1.48. The highest BCUT2D eigenvalue weighted by molar-refractivity contribution is 5.97.